The first-order chi connectivity index (χ1) is 31.7. The lowest BCUT2D eigenvalue weighted by molar-refractivity contribution is 0.666. The third kappa shape index (κ3) is 5.05. The lowest BCUT2D eigenvalue weighted by Gasteiger charge is -2.14. The third-order valence-electron chi connectivity index (χ3n) is 13.4. The number of fused-ring (bicyclic) bond motifs is 12. The predicted octanol–water partition coefficient (Wildman–Crippen LogP) is 16.2. The van der Waals surface area contributed by atoms with E-state index in [4.69, 9.17) is 4.42 Å². The van der Waals surface area contributed by atoms with Crippen LogP contribution in [-0.4, -0.2) is 13.7 Å². The number of aromatic nitrogens is 3. The van der Waals surface area contributed by atoms with Crippen molar-refractivity contribution in [3.8, 4) is 39.3 Å². The van der Waals surface area contributed by atoms with E-state index in [0.29, 0.717) is 0 Å². The lowest BCUT2D eigenvalue weighted by Crippen LogP contribution is -1.99. The van der Waals surface area contributed by atoms with Gasteiger partial charge in [0.05, 0.1) is 38.8 Å². The van der Waals surface area contributed by atoms with E-state index < -0.39 is 0 Å². The molecular weight excluding hydrogens is 779 g/mol. The van der Waals surface area contributed by atoms with Crippen LogP contribution in [-0.2, 0) is 0 Å². The van der Waals surface area contributed by atoms with E-state index in [1.165, 1.54) is 65.6 Å². The van der Waals surface area contributed by atoms with Crippen molar-refractivity contribution < 1.29 is 4.42 Å². The average Bonchev–Trinajstić information content (AvgIpc) is 4.10. The van der Waals surface area contributed by atoms with E-state index >= 15 is 0 Å². The first kappa shape index (κ1) is 35.0. The molecule has 0 bridgehead atoms. The maximum Gasteiger partial charge on any atom is 0.159 e. The molecule has 64 heavy (non-hydrogen) atoms. The van der Waals surface area contributed by atoms with Crippen LogP contribution in [0.2, 0.25) is 0 Å². The summed E-state index contributed by atoms with van der Waals surface area (Å²) in [5.74, 6) is 0. The summed E-state index contributed by atoms with van der Waals surface area (Å²) in [4.78, 5) is 0. The Balaban J connectivity index is 1.07. The van der Waals surface area contributed by atoms with Gasteiger partial charge in [-0.05, 0) is 101 Å². The molecule has 0 radical (unpaired) electrons. The van der Waals surface area contributed by atoms with Gasteiger partial charge in [0, 0.05) is 54.5 Å². The van der Waals surface area contributed by atoms with Crippen LogP contribution < -0.4 is 0 Å². The van der Waals surface area contributed by atoms with Gasteiger partial charge in [-0.1, -0.05) is 146 Å². The number of benzene rings is 10. The van der Waals surface area contributed by atoms with E-state index in [9.17, 15) is 0 Å². The minimum atomic E-state index is 0.847. The molecule has 4 heteroatoms. The fraction of sp³-hybridized carbons (Fsp3) is 0. The van der Waals surface area contributed by atoms with Crippen molar-refractivity contribution in [2.45, 2.75) is 0 Å². The molecule has 4 nitrogen and oxygen atoms in total. The Kier molecular flexibility index (Phi) is 7.36. The number of furan rings is 1. The molecule has 4 aromatic heterocycles. The highest BCUT2D eigenvalue weighted by Gasteiger charge is 2.23. The molecule has 0 saturated carbocycles. The summed E-state index contributed by atoms with van der Waals surface area (Å²) in [5.41, 5.74) is 16.6. The molecule has 0 aliphatic rings. The highest BCUT2D eigenvalue weighted by atomic mass is 16.3. The summed E-state index contributed by atoms with van der Waals surface area (Å²) in [5, 5.41) is 9.44. The summed E-state index contributed by atoms with van der Waals surface area (Å²) < 4.78 is 14.3. The van der Waals surface area contributed by atoms with Crippen LogP contribution in [0.4, 0.5) is 0 Å². The van der Waals surface area contributed by atoms with Gasteiger partial charge in [0.25, 0.3) is 0 Å². The van der Waals surface area contributed by atoms with E-state index in [2.05, 4.69) is 238 Å². The van der Waals surface area contributed by atoms with Gasteiger partial charge in [-0.2, -0.15) is 0 Å². The van der Waals surface area contributed by atoms with Crippen LogP contribution in [0.25, 0.3) is 127 Å². The van der Waals surface area contributed by atoms with Crippen molar-refractivity contribution in [3.05, 3.63) is 224 Å². The van der Waals surface area contributed by atoms with Crippen molar-refractivity contribution in [2.75, 3.05) is 0 Å². The molecule has 0 spiro atoms. The fourth-order valence-electron chi connectivity index (χ4n) is 10.6. The first-order valence-electron chi connectivity index (χ1n) is 21.9. The second-order valence-corrected chi connectivity index (χ2v) is 16.9. The number of hydrogen-bond acceptors (Lipinski definition) is 1. The van der Waals surface area contributed by atoms with E-state index in [-0.39, 0.29) is 0 Å². The zero-order valence-electron chi connectivity index (χ0n) is 34.6. The average molecular weight is 816 g/mol. The van der Waals surface area contributed by atoms with Gasteiger partial charge < -0.3 is 18.1 Å². The molecule has 0 fully saturated rings. The number of para-hydroxylation sites is 4. The number of nitrogens with zero attached hydrogens (tertiary/aromatic N) is 3. The Labute approximate surface area is 367 Å². The number of hydrogen-bond donors (Lipinski definition) is 0. The molecule has 0 aliphatic heterocycles. The van der Waals surface area contributed by atoms with Gasteiger partial charge in [-0.15, -0.1) is 0 Å². The van der Waals surface area contributed by atoms with Crippen molar-refractivity contribution in [1.29, 1.82) is 0 Å². The van der Waals surface area contributed by atoms with E-state index in [1.807, 2.05) is 0 Å². The van der Waals surface area contributed by atoms with Gasteiger partial charge in [0.1, 0.15) is 5.58 Å². The molecule has 14 rings (SSSR count). The summed E-state index contributed by atoms with van der Waals surface area (Å²) in [6, 6.07) is 81.5. The zero-order valence-corrected chi connectivity index (χ0v) is 34.6. The van der Waals surface area contributed by atoms with Crippen molar-refractivity contribution in [2.24, 2.45) is 0 Å². The Morgan fingerprint density at radius 2 is 0.672 bits per heavy atom. The highest BCUT2D eigenvalue weighted by Crippen LogP contribution is 2.43. The molecule has 0 atom stereocenters. The molecule has 0 aliphatic carbocycles. The zero-order chi connectivity index (χ0) is 41.9. The Hall–Kier alpha value is -8.60. The molecule has 0 N–H and O–H groups in total. The molecule has 298 valence electrons. The molecule has 10 aromatic carbocycles. The van der Waals surface area contributed by atoms with Crippen LogP contribution in [0.5, 0.6) is 0 Å². The Morgan fingerprint density at radius 3 is 1.20 bits per heavy atom. The minimum absolute atomic E-state index is 0.847. The summed E-state index contributed by atoms with van der Waals surface area (Å²) in [6.45, 7) is 0. The maximum absolute atomic E-state index is 7.09. The van der Waals surface area contributed by atoms with Gasteiger partial charge in [-0.25, -0.2) is 0 Å². The van der Waals surface area contributed by atoms with Crippen molar-refractivity contribution >= 4 is 87.4 Å². The molecule has 4 heterocycles. The Bertz CT molecular complexity index is 4130. The Morgan fingerprint density at radius 1 is 0.250 bits per heavy atom. The summed E-state index contributed by atoms with van der Waals surface area (Å²) in [6.07, 6.45) is 0. The normalized spacial score (nSPS) is 12.1. The summed E-state index contributed by atoms with van der Waals surface area (Å²) >= 11 is 0. The van der Waals surface area contributed by atoms with E-state index in [0.717, 1.165) is 61.1 Å². The first-order valence-corrected chi connectivity index (χ1v) is 21.9. The third-order valence-corrected chi connectivity index (χ3v) is 13.4. The highest BCUT2D eigenvalue weighted by molar-refractivity contribution is 6.16. The summed E-state index contributed by atoms with van der Waals surface area (Å²) in [7, 11) is 0. The second kappa shape index (κ2) is 13.4. The molecule has 14 aromatic rings. The van der Waals surface area contributed by atoms with Crippen molar-refractivity contribution in [1.82, 2.24) is 13.7 Å². The van der Waals surface area contributed by atoms with Crippen LogP contribution in [0.1, 0.15) is 0 Å². The standard InChI is InChI=1S/C60H37N3O/c1-3-15-38(16-4-1)40-27-30-56-48(33-40)46-21-9-11-23-52(46)61(56)42-29-32-59-50(35-42)51-36-43(37-58(60(51)64-59)63-54-25-13-7-19-44(54)45-20-8-14-26-55(45)63)62-53-24-12-10-22-47(53)49-34-41(28-31-57(49)62)39-17-5-2-6-18-39/h1-37H. The van der Waals surface area contributed by atoms with Gasteiger partial charge >= 0.3 is 0 Å². The van der Waals surface area contributed by atoms with E-state index in [1.54, 1.807) is 0 Å². The van der Waals surface area contributed by atoms with Crippen LogP contribution in [0.15, 0.2) is 229 Å². The minimum Gasteiger partial charge on any atom is -0.454 e. The number of rotatable bonds is 5. The van der Waals surface area contributed by atoms with Gasteiger partial charge in [-0.3, -0.25) is 0 Å². The topological polar surface area (TPSA) is 27.9 Å². The lowest BCUT2D eigenvalue weighted by atomic mass is 10.0. The largest absolute Gasteiger partial charge is 0.454 e. The monoisotopic (exact) mass is 815 g/mol. The predicted molar refractivity (Wildman–Crippen MR) is 268 cm³/mol. The SMILES string of the molecule is c1ccc(-c2ccc3c(c2)c2ccccc2n3-c2ccc3oc4c(-n5c6ccccc6c6ccccc65)cc(-n5c6ccccc6c6cc(-c7ccccc7)ccc65)cc4c3c2)cc1. The maximum atomic E-state index is 7.09. The van der Waals surface area contributed by atoms with Crippen LogP contribution >= 0.6 is 0 Å². The smallest absolute Gasteiger partial charge is 0.159 e. The van der Waals surface area contributed by atoms with Crippen molar-refractivity contribution in [3.63, 3.8) is 0 Å². The molecular formula is C60H37N3O. The fourth-order valence-corrected chi connectivity index (χ4v) is 10.6. The second-order valence-electron chi connectivity index (χ2n) is 16.9. The molecule has 0 amide bonds. The van der Waals surface area contributed by atoms with Gasteiger partial charge in [0.15, 0.2) is 5.58 Å². The molecule has 0 saturated heterocycles. The van der Waals surface area contributed by atoms with Crippen LogP contribution in [0.3, 0.4) is 0 Å². The van der Waals surface area contributed by atoms with Crippen LogP contribution in [0, 0.1) is 0 Å². The van der Waals surface area contributed by atoms with Gasteiger partial charge in [0.2, 0.25) is 0 Å². The quantitative estimate of drug-likeness (QED) is 0.170. The molecule has 0 unspecified atom stereocenters.